The van der Waals surface area contributed by atoms with Gasteiger partial charge in [-0.1, -0.05) is 13.8 Å². The molecule has 1 aliphatic heterocycles. The SMILES string of the molecule is CC(C)C1CN(C(=O)N(C)C(C)C)C1. The minimum absolute atomic E-state index is 0.178. The summed E-state index contributed by atoms with van der Waals surface area (Å²) >= 11 is 0. The molecule has 1 fully saturated rings. The Morgan fingerprint density at radius 1 is 1.29 bits per heavy atom. The van der Waals surface area contributed by atoms with Crippen LogP contribution < -0.4 is 0 Å². The molecule has 3 nitrogen and oxygen atoms in total. The Hall–Kier alpha value is -0.730. The molecule has 0 aromatic carbocycles. The Kier molecular flexibility index (Phi) is 3.40. The normalized spacial score (nSPS) is 17.5. The van der Waals surface area contributed by atoms with E-state index in [0.717, 1.165) is 13.1 Å². The van der Waals surface area contributed by atoms with E-state index in [-0.39, 0.29) is 6.03 Å². The average molecular weight is 198 g/mol. The molecule has 2 amide bonds. The van der Waals surface area contributed by atoms with Gasteiger partial charge in [-0.25, -0.2) is 4.79 Å². The molecule has 3 heteroatoms. The van der Waals surface area contributed by atoms with Crippen molar-refractivity contribution < 1.29 is 4.79 Å². The molecule has 82 valence electrons. The number of carbonyl (C=O) groups excluding carboxylic acids is 1. The summed E-state index contributed by atoms with van der Waals surface area (Å²) in [6.45, 7) is 10.4. The third kappa shape index (κ3) is 2.20. The van der Waals surface area contributed by atoms with Crippen LogP contribution in [0.4, 0.5) is 4.79 Å². The lowest BCUT2D eigenvalue weighted by Gasteiger charge is -2.43. The van der Waals surface area contributed by atoms with Crippen molar-refractivity contribution >= 4 is 6.03 Å². The van der Waals surface area contributed by atoms with Gasteiger partial charge in [0.05, 0.1) is 0 Å². The molecule has 14 heavy (non-hydrogen) atoms. The third-order valence-electron chi connectivity index (χ3n) is 3.20. The summed E-state index contributed by atoms with van der Waals surface area (Å²) in [4.78, 5) is 15.5. The highest BCUT2D eigenvalue weighted by Gasteiger charge is 2.34. The van der Waals surface area contributed by atoms with Gasteiger partial charge >= 0.3 is 6.03 Å². The minimum atomic E-state index is 0.178. The van der Waals surface area contributed by atoms with Gasteiger partial charge in [-0.2, -0.15) is 0 Å². The van der Waals surface area contributed by atoms with Crippen molar-refractivity contribution in [3.8, 4) is 0 Å². The van der Waals surface area contributed by atoms with Gasteiger partial charge in [0.2, 0.25) is 0 Å². The van der Waals surface area contributed by atoms with E-state index in [4.69, 9.17) is 0 Å². The zero-order chi connectivity index (χ0) is 10.9. The van der Waals surface area contributed by atoms with Gasteiger partial charge in [0, 0.05) is 26.2 Å². The lowest BCUT2D eigenvalue weighted by Crippen LogP contribution is -2.56. The quantitative estimate of drug-likeness (QED) is 0.666. The van der Waals surface area contributed by atoms with E-state index in [1.807, 2.05) is 25.8 Å². The van der Waals surface area contributed by atoms with Crippen molar-refractivity contribution in [1.82, 2.24) is 9.80 Å². The van der Waals surface area contributed by atoms with Gasteiger partial charge < -0.3 is 9.80 Å². The summed E-state index contributed by atoms with van der Waals surface area (Å²) in [5, 5.41) is 0. The van der Waals surface area contributed by atoms with E-state index in [0.29, 0.717) is 17.9 Å². The Labute approximate surface area is 87.1 Å². The summed E-state index contributed by atoms with van der Waals surface area (Å²) in [6, 6.07) is 0.470. The zero-order valence-corrected chi connectivity index (χ0v) is 9.95. The summed E-state index contributed by atoms with van der Waals surface area (Å²) in [6.07, 6.45) is 0. The maximum absolute atomic E-state index is 11.8. The lowest BCUT2D eigenvalue weighted by molar-refractivity contribution is 0.0701. The number of hydrogen-bond acceptors (Lipinski definition) is 1. The molecule has 0 bridgehead atoms. The highest BCUT2D eigenvalue weighted by molar-refractivity contribution is 5.75. The maximum Gasteiger partial charge on any atom is 0.319 e. The molecular formula is C11H22N2O. The molecule has 0 aromatic heterocycles. The van der Waals surface area contributed by atoms with Crippen LogP contribution in [0, 0.1) is 11.8 Å². The van der Waals surface area contributed by atoms with Crippen molar-refractivity contribution in [1.29, 1.82) is 0 Å². The van der Waals surface area contributed by atoms with Crippen molar-refractivity contribution in [2.24, 2.45) is 11.8 Å². The van der Waals surface area contributed by atoms with E-state index < -0.39 is 0 Å². The monoisotopic (exact) mass is 198 g/mol. The topological polar surface area (TPSA) is 23.6 Å². The Bertz CT molecular complexity index is 207. The average Bonchev–Trinajstić information content (AvgIpc) is 1.98. The van der Waals surface area contributed by atoms with Gasteiger partial charge in [-0.15, -0.1) is 0 Å². The molecule has 1 aliphatic rings. The highest BCUT2D eigenvalue weighted by atomic mass is 16.2. The molecule has 0 aliphatic carbocycles. The standard InChI is InChI=1S/C11H22N2O/c1-8(2)10-6-13(7-10)11(14)12(5)9(3)4/h8-10H,6-7H2,1-5H3. The van der Waals surface area contributed by atoms with E-state index in [1.54, 1.807) is 4.90 Å². The number of rotatable bonds is 2. The summed E-state index contributed by atoms with van der Waals surface area (Å²) in [5.41, 5.74) is 0. The number of amides is 2. The number of likely N-dealkylation sites (tertiary alicyclic amines) is 1. The second-order valence-electron chi connectivity index (χ2n) is 4.90. The first kappa shape index (κ1) is 11.3. The molecule has 0 saturated carbocycles. The number of urea groups is 1. The van der Waals surface area contributed by atoms with Gasteiger partial charge in [0.15, 0.2) is 0 Å². The molecule has 0 unspecified atom stereocenters. The number of hydrogen-bond donors (Lipinski definition) is 0. The van der Waals surface area contributed by atoms with Crippen LogP contribution in [0.15, 0.2) is 0 Å². The highest BCUT2D eigenvalue weighted by Crippen LogP contribution is 2.24. The second-order valence-corrected chi connectivity index (χ2v) is 4.90. The van der Waals surface area contributed by atoms with Gasteiger partial charge in [0.25, 0.3) is 0 Å². The van der Waals surface area contributed by atoms with Crippen molar-refractivity contribution in [3.63, 3.8) is 0 Å². The van der Waals surface area contributed by atoms with Crippen LogP contribution in [0.5, 0.6) is 0 Å². The van der Waals surface area contributed by atoms with Crippen molar-refractivity contribution in [2.45, 2.75) is 33.7 Å². The smallest absolute Gasteiger partial charge is 0.319 e. The van der Waals surface area contributed by atoms with E-state index in [1.165, 1.54) is 0 Å². The van der Waals surface area contributed by atoms with Crippen LogP contribution in [0.1, 0.15) is 27.7 Å². The van der Waals surface area contributed by atoms with Crippen molar-refractivity contribution in [2.75, 3.05) is 20.1 Å². The first-order valence-corrected chi connectivity index (χ1v) is 5.45. The van der Waals surface area contributed by atoms with Gasteiger partial charge in [-0.05, 0) is 25.7 Å². The largest absolute Gasteiger partial charge is 0.325 e. The van der Waals surface area contributed by atoms with Crippen LogP contribution in [0.25, 0.3) is 0 Å². The van der Waals surface area contributed by atoms with Crippen LogP contribution in [0.3, 0.4) is 0 Å². The van der Waals surface area contributed by atoms with Crippen LogP contribution >= 0.6 is 0 Å². The molecule has 0 atom stereocenters. The number of nitrogens with zero attached hydrogens (tertiary/aromatic N) is 2. The second kappa shape index (κ2) is 4.20. The van der Waals surface area contributed by atoms with E-state index in [2.05, 4.69) is 13.8 Å². The Morgan fingerprint density at radius 2 is 1.79 bits per heavy atom. The molecular weight excluding hydrogens is 176 g/mol. The van der Waals surface area contributed by atoms with Crippen LogP contribution in [-0.4, -0.2) is 42.0 Å². The maximum atomic E-state index is 11.8. The molecule has 0 aromatic rings. The summed E-state index contributed by atoms with van der Waals surface area (Å²) < 4.78 is 0. The zero-order valence-electron chi connectivity index (χ0n) is 9.95. The predicted octanol–water partition coefficient (Wildman–Crippen LogP) is 2.03. The molecule has 1 saturated heterocycles. The fourth-order valence-electron chi connectivity index (χ4n) is 1.53. The van der Waals surface area contributed by atoms with E-state index in [9.17, 15) is 4.79 Å². The van der Waals surface area contributed by atoms with Gasteiger partial charge in [-0.3, -0.25) is 0 Å². The summed E-state index contributed by atoms with van der Waals surface area (Å²) in [7, 11) is 1.87. The molecule has 1 rings (SSSR count). The first-order valence-electron chi connectivity index (χ1n) is 5.45. The van der Waals surface area contributed by atoms with E-state index >= 15 is 0 Å². The Balaban J connectivity index is 2.36. The molecule has 1 heterocycles. The van der Waals surface area contributed by atoms with Gasteiger partial charge in [0.1, 0.15) is 0 Å². The summed E-state index contributed by atoms with van der Waals surface area (Å²) in [5.74, 6) is 1.41. The molecule has 0 radical (unpaired) electrons. The first-order chi connectivity index (χ1) is 6.43. The lowest BCUT2D eigenvalue weighted by atomic mass is 9.89. The molecule has 0 N–H and O–H groups in total. The molecule has 0 spiro atoms. The van der Waals surface area contributed by atoms with Crippen molar-refractivity contribution in [3.05, 3.63) is 0 Å². The Morgan fingerprint density at radius 3 is 2.14 bits per heavy atom. The third-order valence-corrected chi connectivity index (χ3v) is 3.20. The fourth-order valence-corrected chi connectivity index (χ4v) is 1.53. The minimum Gasteiger partial charge on any atom is -0.325 e. The van der Waals surface area contributed by atoms with Crippen LogP contribution in [-0.2, 0) is 0 Å². The fraction of sp³-hybridized carbons (Fsp3) is 0.909. The number of carbonyl (C=O) groups is 1. The predicted molar refractivity (Wildman–Crippen MR) is 58.2 cm³/mol. The van der Waals surface area contributed by atoms with Crippen LogP contribution in [0.2, 0.25) is 0 Å².